The summed E-state index contributed by atoms with van der Waals surface area (Å²) in [5.74, 6) is 0.263. The molecule has 0 saturated carbocycles. The summed E-state index contributed by atoms with van der Waals surface area (Å²) in [6.45, 7) is 1.56. The van der Waals surface area contributed by atoms with Crippen LogP contribution in [0.1, 0.15) is 5.76 Å². The smallest absolute Gasteiger partial charge is 0.243 e. The Balaban J connectivity index is 2.14. The van der Waals surface area contributed by atoms with E-state index in [0.29, 0.717) is 5.76 Å². The molecular weight excluding hydrogens is 334 g/mol. The molecule has 130 valence electrons. The minimum Gasteiger partial charge on any atom is -0.383 e. The number of amides is 1. The van der Waals surface area contributed by atoms with Crippen molar-refractivity contribution in [2.24, 2.45) is 0 Å². The van der Waals surface area contributed by atoms with Crippen LogP contribution in [0.25, 0.3) is 0 Å². The van der Waals surface area contributed by atoms with Crippen LogP contribution in [0.15, 0.2) is 45.8 Å². The molecule has 0 atom stereocenters. The van der Waals surface area contributed by atoms with Crippen LogP contribution < -0.4 is 5.32 Å². The Bertz CT molecular complexity index is 773. The zero-order valence-electron chi connectivity index (χ0n) is 13.4. The first-order chi connectivity index (χ1) is 11.4. The minimum atomic E-state index is -3.81. The van der Waals surface area contributed by atoms with Gasteiger partial charge in [0.1, 0.15) is 5.76 Å². The van der Waals surface area contributed by atoms with Crippen molar-refractivity contribution in [2.75, 3.05) is 32.1 Å². The predicted molar refractivity (Wildman–Crippen MR) is 86.9 cm³/mol. The highest BCUT2D eigenvalue weighted by Gasteiger charge is 2.26. The van der Waals surface area contributed by atoms with Crippen molar-refractivity contribution in [3.63, 3.8) is 0 Å². The number of benzene rings is 1. The molecule has 0 spiro atoms. The Morgan fingerprint density at radius 2 is 2.04 bits per heavy atom. The van der Waals surface area contributed by atoms with Gasteiger partial charge in [0.15, 0.2) is 5.82 Å². The summed E-state index contributed by atoms with van der Waals surface area (Å²) in [4.78, 5) is 12.3. The SMILES string of the molecule is COCCN(CC(=O)Nc1cc(C)on1)S(=O)(=O)c1ccccc1. The van der Waals surface area contributed by atoms with Crippen LogP contribution in [0.5, 0.6) is 0 Å². The van der Waals surface area contributed by atoms with E-state index in [1.165, 1.54) is 19.2 Å². The van der Waals surface area contributed by atoms with Crippen molar-refractivity contribution in [1.82, 2.24) is 9.46 Å². The maximum absolute atomic E-state index is 12.7. The molecule has 1 heterocycles. The van der Waals surface area contributed by atoms with Crippen molar-refractivity contribution < 1.29 is 22.5 Å². The van der Waals surface area contributed by atoms with Crippen molar-refractivity contribution in [2.45, 2.75) is 11.8 Å². The standard InChI is InChI=1S/C15H19N3O5S/c1-12-10-14(17-23-12)16-15(19)11-18(8-9-22-2)24(20,21)13-6-4-3-5-7-13/h3-7,10H,8-9,11H2,1-2H3,(H,16,17,19). The number of nitrogens with one attached hydrogen (secondary N) is 1. The molecule has 24 heavy (non-hydrogen) atoms. The molecular formula is C15H19N3O5S. The summed E-state index contributed by atoms with van der Waals surface area (Å²) < 4.78 is 36.2. The van der Waals surface area contributed by atoms with Crippen LogP contribution >= 0.6 is 0 Å². The number of nitrogens with zero attached hydrogens (tertiary/aromatic N) is 2. The average Bonchev–Trinajstić information content (AvgIpc) is 2.97. The molecule has 0 aliphatic carbocycles. The first-order valence-electron chi connectivity index (χ1n) is 7.21. The van der Waals surface area contributed by atoms with Crippen LogP contribution in [-0.2, 0) is 19.6 Å². The van der Waals surface area contributed by atoms with Gasteiger partial charge in [0, 0.05) is 19.7 Å². The number of anilines is 1. The van der Waals surface area contributed by atoms with Crippen LogP contribution in [0, 0.1) is 6.92 Å². The second-order valence-corrected chi connectivity index (χ2v) is 6.95. The van der Waals surface area contributed by atoms with Gasteiger partial charge in [0.2, 0.25) is 15.9 Å². The Kier molecular flexibility index (Phi) is 6.07. The number of aromatic nitrogens is 1. The highest BCUT2D eigenvalue weighted by Crippen LogP contribution is 2.15. The third kappa shape index (κ3) is 4.63. The molecule has 0 bridgehead atoms. The fourth-order valence-corrected chi connectivity index (χ4v) is 3.39. The van der Waals surface area contributed by atoms with Gasteiger partial charge in [-0.25, -0.2) is 8.42 Å². The normalized spacial score (nSPS) is 11.6. The van der Waals surface area contributed by atoms with E-state index in [1.54, 1.807) is 31.2 Å². The van der Waals surface area contributed by atoms with Crippen LogP contribution in [-0.4, -0.2) is 50.6 Å². The molecule has 1 amide bonds. The topological polar surface area (TPSA) is 102 Å². The van der Waals surface area contributed by atoms with Crippen LogP contribution in [0.3, 0.4) is 0 Å². The fourth-order valence-electron chi connectivity index (χ4n) is 1.99. The largest absolute Gasteiger partial charge is 0.383 e. The Morgan fingerprint density at radius 3 is 2.62 bits per heavy atom. The second kappa shape index (κ2) is 8.04. The van der Waals surface area contributed by atoms with Crippen molar-refractivity contribution in [3.05, 3.63) is 42.2 Å². The zero-order valence-corrected chi connectivity index (χ0v) is 14.2. The molecule has 0 aliphatic heterocycles. The first-order valence-corrected chi connectivity index (χ1v) is 8.65. The molecule has 0 unspecified atom stereocenters. The number of rotatable bonds is 8. The third-order valence-corrected chi connectivity index (χ3v) is 5.00. The summed E-state index contributed by atoms with van der Waals surface area (Å²) in [5, 5.41) is 6.15. The van der Waals surface area contributed by atoms with Crippen LogP contribution in [0.2, 0.25) is 0 Å². The number of hydrogen-bond acceptors (Lipinski definition) is 6. The predicted octanol–water partition coefficient (Wildman–Crippen LogP) is 1.26. The number of carbonyl (C=O) groups is 1. The number of ether oxygens (including phenoxy) is 1. The van der Waals surface area contributed by atoms with Crippen molar-refractivity contribution in [3.8, 4) is 0 Å². The molecule has 2 rings (SSSR count). The third-order valence-electron chi connectivity index (χ3n) is 3.14. The minimum absolute atomic E-state index is 0.0546. The lowest BCUT2D eigenvalue weighted by atomic mass is 10.4. The summed E-state index contributed by atoms with van der Waals surface area (Å²) in [7, 11) is -2.34. The van der Waals surface area contributed by atoms with E-state index in [4.69, 9.17) is 9.26 Å². The molecule has 9 heteroatoms. The van der Waals surface area contributed by atoms with Gasteiger partial charge in [-0.2, -0.15) is 4.31 Å². The van der Waals surface area contributed by atoms with Gasteiger partial charge in [-0.05, 0) is 19.1 Å². The van der Waals surface area contributed by atoms with Crippen molar-refractivity contribution >= 4 is 21.7 Å². The molecule has 2 aromatic rings. The molecule has 1 N–H and O–H groups in total. The van der Waals surface area contributed by atoms with E-state index in [0.717, 1.165) is 4.31 Å². The number of aryl methyl sites for hydroxylation is 1. The lowest BCUT2D eigenvalue weighted by Gasteiger charge is -2.21. The molecule has 1 aromatic heterocycles. The number of carbonyl (C=O) groups excluding carboxylic acids is 1. The Morgan fingerprint density at radius 1 is 1.33 bits per heavy atom. The number of methoxy groups -OCH3 is 1. The lowest BCUT2D eigenvalue weighted by Crippen LogP contribution is -2.40. The van der Waals surface area contributed by atoms with Gasteiger partial charge < -0.3 is 14.6 Å². The van der Waals surface area contributed by atoms with E-state index in [1.807, 2.05) is 0 Å². The van der Waals surface area contributed by atoms with Gasteiger partial charge in [0.25, 0.3) is 0 Å². The van der Waals surface area contributed by atoms with Crippen LogP contribution in [0.4, 0.5) is 5.82 Å². The summed E-state index contributed by atoms with van der Waals surface area (Å²) in [6.07, 6.45) is 0. The maximum atomic E-state index is 12.7. The number of hydrogen-bond donors (Lipinski definition) is 1. The van der Waals surface area contributed by atoms with Gasteiger partial charge in [-0.15, -0.1) is 0 Å². The van der Waals surface area contributed by atoms with E-state index in [2.05, 4.69) is 10.5 Å². The second-order valence-electron chi connectivity index (χ2n) is 5.02. The quantitative estimate of drug-likeness (QED) is 0.766. The van der Waals surface area contributed by atoms with E-state index < -0.39 is 15.9 Å². The zero-order chi connectivity index (χ0) is 17.6. The van der Waals surface area contributed by atoms with E-state index in [9.17, 15) is 13.2 Å². The monoisotopic (exact) mass is 353 g/mol. The average molecular weight is 353 g/mol. The number of sulfonamides is 1. The molecule has 0 radical (unpaired) electrons. The molecule has 0 aliphatic rings. The van der Waals surface area contributed by atoms with Gasteiger partial charge in [0.05, 0.1) is 18.0 Å². The van der Waals surface area contributed by atoms with Gasteiger partial charge in [-0.3, -0.25) is 4.79 Å². The molecule has 1 aromatic carbocycles. The summed E-state index contributed by atoms with van der Waals surface area (Å²) >= 11 is 0. The first kappa shape index (κ1) is 18.1. The highest BCUT2D eigenvalue weighted by molar-refractivity contribution is 7.89. The Labute approximate surface area is 140 Å². The van der Waals surface area contributed by atoms with E-state index >= 15 is 0 Å². The lowest BCUT2D eigenvalue weighted by molar-refractivity contribution is -0.116. The maximum Gasteiger partial charge on any atom is 0.243 e. The summed E-state index contributed by atoms with van der Waals surface area (Å²) in [5.41, 5.74) is 0. The van der Waals surface area contributed by atoms with Gasteiger partial charge >= 0.3 is 0 Å². The molecule has 0 fully saturated rings. The Hall–Kier alpha value is -2.23. The van der Waals surface area contributed by atoms with E-state index in [-0.39, 0.29) is 30.4 Å². The van der Waals surface area contributed by atoms with Crippen molar-refractivity contribution in [1.29, 1.82) is 0 Å². The fraction of sp³-hybridized carbons (Fsp3) is 0.333. The molecule has 8 nitrogen and oxygen atoms in total. The van der Waals surface area contributed by atoms with Gasteiger partial charge in [-0.1, -0.05) is 23.4 Å². The summed E-state index contributed by atoms with van der Waals surface area (Å²) in [6, 6.07) is 9.47. The highest BCUT2D eigenvalue weighted by atomic mass is 32.2. The molecule has 0 saturated heterocycles.